The van der Waals surface area contributed by atoms with Gasteiger partial charge in [-0.2, -0.15) is 5.26 Å². The maximum Gasteiger partial charge on any atom is 0.0991 e. The highest BCUT2D eigenvalue weighted by molar-refractivity contribution is 9.11. The van der Waals surface area contributed by atoms with Crippen LogP contribution in [0.4, 0.5) is 0 Å². The number of rotatable bonds is 4. The summed E-state index contributed by atoms with van der Waals surface area (Å²) < 4.78 is 1.16. The van der Waals surface area contributed by atoms with Crippen LogP contribution in [0, 0.1) is 11.3 Å². The average Bonchev–Trinajstić information content (AvgIpc) is 2.74. The molecule has 4 heteroatoms. The van der Waals surface area contributed by atoms with Gasteiger partial charge in [-0.15, -0.1) is 11.3 Å². The van der Waals surface area contributed by atoms with Gasteiger partial charge in [0.1, 0.15) is 0 Å². The molecule has 0 unspecified atom stereocenters. The summed E-state index contributed by atoms with van der Waals surface area (Å²) in [5.74, 6) is 0. The van der Waals surface area contributed by atoms with Crippen molar-refractivity contribution >= 4 is 27.3 Å². The SMILES string of the molecule is CN(Cc1cccc(C#N)c1)Cc1ccc(Br)s1. The third kappa shape index (κ3) is 3.67. The fourth-order valence-electron chi connectivity index (χ4n) is 1.81. The number of halogens is 1. The van der Waals surface area contributed by atoms with Crippen LogP contribution in [0.15, 0.2) is 40.2 Å². The van der Waals surface area contributed by atoms with Gasteiger partial charge >= 0.3 is 0 Å². The van der Waals surface area contributed by atoms with Gasteiger partial charge in [-0.3, -0.25) is 4.90 Å². The van der Waals surface area contributed by atoms with Crippen LogP contribution in [-0.2, 0) is 13.1 Å². The van der Waals surface area contributed by atoms with E-state index in [-0.39, 0.29) is 0 Å². The van der Waals surface area contributed by atoms with E-state index in [0.717, 1.165) is 22.4 Å². The largest absolute Gasteiger partial charge is 0.297 e. The highest BCUT2D eigenvalue weighted by atomic mass is 79.9. The van der Waals surface area contributed by atoms with Crippen LogP contribution in [0.25, 0.3) is 0 Å². The minimum atomic E-state index is 0.722. The van der Waals surface area contributed by atoms with Crippen molar-refractivity contribution in [2.24, 2.45) is 0 Å². The Bertz CT molecular complexity index is 571. The molecule has 1 aromatic heterocycles. The van der Waals surface area contributed by atoms with Gasteiger partial charge in [-0.25, -0.2) is 0 Å². The molecule has 0 spiro atoms. The summed E-state index contributed by atoms with van der Waals surface area (Å²) in [5, 5.41) is 8.87. The van der Waals surface area contributed by atoms with Crippen molar-refractivity contribution in [2.75, 3.05) is 7.05 Å². The number of benzene rings is 1. The second-order valence-electron chi connectivity index (χ2n) is 4.19. The lowest BCUT2D eigenvalue weighted by Gasteiger charge is -2.15. The minimum absolute atomic E-state index is 0.722. The van der Waals surface area contributed by atoms with E-state index in [0.29, 0.717) is 0 Å². The van der Waals surface area contributed by atoms with Gasteiger partial charge in [-0.05, 0) is 52.8 Å². The molecule has 0 fully saturated rings. The van der Waals surface area contributed by atoms with Crippen molar-refractivity contribution < 1.29 is 0 Å². The molecular weight excluding hydrogens is 308 g/mol. The summed E-state index contributed by atoms with van der Waals surface area (Å²) in [7, 11) is 2.09. The minimum Gasteiger partial charge on any atom is -0.297 e. The van der Waals surface area contributed by atoms with Crippen LogP contribution in [-0.4, -0.2) is 11.9 Å². The van der Waals surface area contributed by atoms with E-state index in [2.05, 4.69) is 52.1 Å². The molecule has 0 saturated carbocycles. The van der Waals surface area contributed by atoms with E-state index in [1.807, 2.05) is 18.2 Å². The van der Waals surface area contributed by atoms with E-state index in [1.54, 1.807) is 11.3 Å². The van der Waals surface area contributed by atoms with Gasteiger partial charge in [-0.1, -0.05) is 12.1 Å². The molecule has 2 aromatic rings. The zero-order chi connectivity index (χ0) is 13.0. The fourth-order valence-corrected chi connectivity index (χ4v) is 3.37. The molecule has 0 bridgehead atoms. The first-order valence-electron chi connectivity index (χ1n) is 5.59. The monoisotopic (exact) mass is 320 g/mol. The van der Waals surface area contributed by atoms with Gasteiger partial charge in [0.25, 0.3) is 0 Å². The molecule has 18 heavy (non-hydrogen) atoms. The molecule has 0 radical (unpaired) electrons. The summed E-state index contributed by atoms with van der Waals surface area (Å²) >= 11 is 5.23. The summed E-state index contributed by atoms with van der Waals surface area (Å²) in [6.45, 7) is 1.78. The number of hydrogen-bond donors (Lipinski definition) is 0. The van der Waals surface area contributed by atoms with Crippen LogP contribution >= 0.6 is 27.3 Å². The normalized spacial score (nSPS) is 10.6. The van der Waals surface area contributed by atoms with Crippen LogP contribution in [0.3, 0.4) is 0 Å². The number of nitrogens with zero attached hydrogens (tertiary/aromatic N) is 2. The van der Waals surface area contributed by atoms with Crippen molar-refractivity contribution in [3.05, 3.63) is 56.2 Å². The lowest BCUT2D eigenvalue weighted by atomic mass is 10.1. The first kappa shape index (κ1) is 13.3. The molecule has 0 atom stereocenters. The van der Waals surface area contributed by atoms with Crippen LogP contribution < -0.4 is 0 Å². The van der Waals surface area contributed by atoms with E-state index in [9.17, 15) is 0 Å². The van der Waals surface area contributed by atoms with E-state index >= 15 is 0 Å². The Balaban J connectivity index is 1.98. The third-order valence-electron chi connectivity index (χ3n) is 2.56. The highest BCUT2D eigenvalue weighted by Crippen LogP contribution is 2.23. The molecule has 0 saturated heterocycles. The number of thiophene rings is 1. The fraction of sp³-hybridized carbons (Fsp3) is 0.214. The first-order chi connectivity index (χ1) is 8.67. The molecule has 2 nitrogen and oxygen atoms in total. The Kier molecular flexibility index (Phi) is 4.54. The van der Waals surface area contributed by atoms with Gasteiger partial charge in [0.15, 0.2) is 0 Å². The summed E-state index contributed by atoms with van der Waals surface area (Å²) in [5.41, 5.74) is 1.90. The van der Waals surface area contributed by atoms with Gasteiger partial charge in [0, 0.05) is 18.0 Å². The third-order valence-corrected chi connectivity index (χ3v) is 4.17. The van der Waals surface area contributed by atoms with Crippen LogP contribution in [0.2, 0.25) is 0 Å². The van der Waals surface area contributed by atoms with Crippen molar-refractivity contribution in [1.82, 2.24) is 4.90 Å². The zero-order valence-electron chi connectivity index (χ0n) is 10.1. The molecule has 0 aliphatic heterocycles. The molecule has 0 amide bonds. The molecule has 0 aliphatic rings. The Hall–Kier alpha value is -1.15. The zero-order valence-corrected chi connectivity index (χ0v) is 12.5. The molecule has 0 N–H and O–H groups in total. The molecule has 1 heterocycles. The Morgan fingerprint density at radius 1 is 1.28 bits per heavy atom. The Labute approximate surface area is 120 Å². The predicted octanol–water partition coefficient (Wildman–Crippen LogP) is 4.01. The van der Waals surface area contributed by atoms with Crippen molar-refractivity contribution in [3.8, 4) is 6.07 Å². The van der Waals surface area contributed by atoms with Gasteiger partial charge in [0.05, 0.1) is 15.4 Å². The maximum atomic E-state index is 8.87. The number of nitriles is 1. The van der Waals surface area contributed by atoms with Gasteiger partial charge in [0.2, 0.25) is 0 Å². The molecule has 0 aliphatic carbocycles. The van der Waals surface area contributed by atoms with Crippen molar-refractivity contribution in [3.63, 3.8) is 0 Å². The summed E-state index contributed by atoms with van der Waals surface area (Å²) in [6, 6.07) is 14.2. The molecule has 1 aromatic carbocycles. The Morgan fingerprint density at radius 2 is 2.11 bits per heavy atom. The topological polar surface area (TPSA) is 27.0 Å². The lowest BCUT2D eigenvalue weighted by Crippen LogP contribution is -2.16. The van der Waals surface area contributed by atoms with Crippen LogP contribution in [0.1, 0.15) is 16.0 Å². The smallest absolute Gasteiger partial charge is 0.0991 e. The first-order valence-corrected chi connectivity index (χ1v) is 7.20. The summed E-state index contributed by atoms with van der Waals surface area (Å²) in [4.78, 5) is 3.58. The predicted molar refractivity (Wildman–Crippen MR) is 78.3 cm³/mol. The Morgan fingerprint density at radius 3 is 2.78 bits per heavy atom. The van der Waals surface area contributed by atoms with Gasteiger partial charge < -0.3 is 0 Å². The molecule has 92 valence electrons. The van der Waals surface area contributed by atoms with E-state index in [1.165, 1.54) is 10.4 Å². The molecular formula is C14H13BrN2S. The quantitative estimate of drug-likeness (QED) is 0.850. The van der Waals surface area contributed by atoms with Crippen molar-refractivity contribution in [2.45, 2.75) is 13.1 Å². The maximum absolute atomic E-state index is 8.87. The standard InChI is InChI=1S/C14H13BrN2S/c1-17(10-13-5-6-14(15)18-13)9-12-4-2-3-11(7-12)8-16/h2-7H,9-10H2,1H3. The lowest BCUT2D eigenvalue weighted by molar-refractivity contribution is 0.322. The van der Waals surface area contributed by atoms with Crippen molar-refractivity contribution in [1.29, 1.82) is 5.26 Å². The second kappa shape index (κ2) is 6.14. The average molecular weight is 321 g/mol. The van der Waals surface area contributed by atoms with E-state index in [4.69, 9.17) is 5.26 Å². The van der Waals surface area contributed by atoms with E-state index < -0.39 is 0 Å². The van der Waals surface area contributed by atoms with Crippen LogP contribution in [0.5, 0.6) is 0 Å². The second-order valence-corrected chi connectivity index (χ2v) is 6.74. The number of hydrogen-bond acceptors (Lipinski definition) is 3. The molecule has 2 rings (SSSR count). The summed E-state index contributed by atoms with van der Waals surface area (Å²) in [6.07, 6.45) is 0. The highest BCUT2D eigenvalue weighted by Gasteiger charge is 2.04.